The second kappa shape index (κ2) is 6.34. The van der Waals surface area contributed by atoms with Gasteiger partial charge in [0, 0.05) is 24.0 Å². The van der Waals surface area contributed by atoms with Crippen LogP contribution in [0.15, 0.2) is 52.9 Å². The first-order valence-corrected chi connectivity index (χ1v) is 7.53. The van der Waals surface area contributed by atoms with Crippen molar-refractivity contribution >= 4 is 28.5 Å². The average molecular weight is 330 g/mol. The maximum absolute atomic E-state index is 12.6. The largest absolute Gasteiger partial charge is 0.493 e. The van der Waals surface area contributed by atoms with Gasteiger partial charge in [0.25, 0.3) is 5.91 Å². The Balaban J connectivity index is 1.85. The molecular formula is C18H16ClNO3. The highest BCUT2D eigenvalue weighted by Crippen LogP contribution is 2.29. The van der Waals surface area contributed by atoms with Gasteiger partial charge in [-0.15, -0.1) is 0 Å². The van der Waals surface area contributed by atoms with Crippen LogP contribution in [0.1, 0.15) is 16.1 Å². The van der Waals surface area contributed by atoms with E-state index in [1.54, 1.807) is 37.3 Å². The molecule has 0 aliphatic rings. The smallest absolute Gasteiger partial charge is 0.289 e. The molecule has 23 heavy (non-hydrogen) atoms. The lowest BCUT2D eigenvalue weighted by Gasteiger charge is -2.15. The zero-order valence-electron chi connectivity index (χ0n) is 12.9. The first-order chi connectivity index (χ1) is 11.1. The molecule has 5 heteroatoms. The Morgan fingerprint density at radius 3 is 2.74 bits per heavy atom. The number of halogens is 1. The van der Waals surface area contributed by atoms with Crippen LogP contribution in [-0.2, 0) is 6.54 Å². The number of fused-ring (bicyclic) bond motifs is 1. The summed E-state index contributed by atoms with van der Waals surface area (Å²) >= 11 is 5.98. The number of hydrogen-bond acceptors (Lipinski definition) is 3. The van der Waals surface area contributed by atoms with E-state index < -0.39 is 0 Å². The predicted molar refractivity (Wildman–Crippen MR) is 90.0 cm³/mol. The van der Waals surface area contributed by atoms with E-state index in [1.807, 2.05) is 30.3 Å². The van der Waals surface area contributed by atoms with Gasteiger partial charge in [0.15, 0.2) is 17.1 Å². The number of hydrogen-bond donors (Lipinski definition) is 0. The Morgan fingerprint density at radius 1 is 1.22 bits per heavy atom. The molecule has 2 aromatic carbocycles. The molecule has 1 heterocycles. The van der Waals surface area contributed by atoms with Crippen molar-refractivity contribution in [2.45, 2.75) is 6.54 Å². The summed E-state index contributed by atoms with van der Waals surface area (Å²) in [6, 6.07) is 14.7. The van der Waals surface area contributed by atoms with E-state index in [0.29, 0.717) is 22.9 Å². The molecule has 3 rings (SSSR count). The van der Waals surface area contributed by atoms with E-state index >= 15 is 0 Å². The van der Waals surface area contributed by atoms with Crippen LogP contribution in [0.4, 0.5) is 0 Å². The third-order valence-electron chi connectivity index (χ3n) is 3.59. The molecule has 0 saturated heterocycles. The topological polar surface area (TPSA) is 42.7 Å². The molecule has 0 fully saturated rings. The monoisotopic (exact) mass is 329 g/mol. The van der Waals surface area contributed by atoms with Gasteiger partial charge < -0.3 is 14.1 Å². The van der Waals surface area contributed by atoms with Crippen LogP contribution >= 0.6 is 11.6 Å². The van der Waals surface area contributed by atoms with Crippen LogP contribution in [0.5, 0.6) is 5.75 Å². The molecule has 1 aromatic heterocycles. The predicted octanol–water partition coefficient (Wildman–Crippen LogP) is 4.37. The Labute approximate surface area is 139 Å². The molecule has 4 nitrogen and oxygen atoms in total. The number of carbonyl (C=O) groups excluding carboxylic acids is 1. The molecule has 118 valence electrons. The number of carbonyl (C=O) groups is 1. The van der Waals surface area contributed by atoms with Gasteiger partial charge in [-0.2, -0.15) is 0 Å². The van der Waals surface area contributed by atoms with Gasteiger partial charge in [-0.3, -0.25) is 4.79 Å². The van der Waals surface area contributed by atoms with Crippen LogP contribution in [-0.4, -0.2) is 25.0 Å². The number of rotatable bonds is 4. The minimum absolute atomic E-state index is 0.191. The Bertz CT molecular complexity index is 856. The molecule has 0 N–H and O–H groups in total. The second-order valence-electron chi connectivity index (χ2n) is 5.28. The molecule has 1 amide bonds. The van der Waals surface area contributed by atoms with E-state index in [1.165, 1.54) is 0 Å². The second-order valence-corrected chi connectivity index (χ2v) is 5.72. The summed E-state index contributed by atoms with van der Waals surface area (Å²) in [5.41, 5.74) is 1.54. The molecule has 0 aliphatic heterocycles. The van der Waals surface area contributed by atoms with Crippen LogP contribution in [0.2, 0.25) is 5.02 Å². The summed E-state index contributed by atoms with van der Waals surface area (Å²) in [6.45, 7) is 0.452. The Morgan fingerprint density at radius 2 is 2.00 bits per heavy atom. The standard InChI is InChI=1S/C18H16ClNO3/c1-20(11-12-5-3-7-14(19)9-12)18(21)16-10-13-6-4-8-15(22-2)17(13)23-16/h3-10H,11H2,1-2H3. The number of ether oxygens (including phenoxy) is 1. The van der Waals surface area contributed by atoms with Gasteiger partial charge >= 0.3 is 0 Å². The van der Waals surface area contributed by atoms with E-state index in [0.717, 1.165) is 10.9 Å². The molecule has 0 bridgehead atoms. The lowest BCUT2D eigenvalue weighted by molar-refractivity contribution is 0.0755. The highest BCUT2D eigenvalue weighted by Gasteiger charge is 2.18. The number of amides is 1. The van der Waals surface area contributed by atoms with Crippen molar-refractivity contribution in [2.24, 2.45) is 0 Å². The number of methoxy groups -OCH3 is 1. The number of para-hydroxylation sites is 1. The minimum Gasteiger partial charge on any atom is -0.493 e. The van der Waals surface area contributed by atoms with Crippen molar-refractivity contribution in [1.82, 2.24) is 4.90 Å². The highest BCUT2D eigenvalue weighted by atomic mass is 35.5. The number of furan rings is 1. The molecule has 0 saturated carbocycles. The first kappa shape index (κ1) is 15.4. The zero-order valence-corrected chi connectivity index (χ0v) is 13.6. The molecule has 0 radical (unpaired) electrons. The summed E-state index contributed by atoms with van der Waals surface area (Å²) < 4.78 is 10.9. The normalized spacial score (nSPS) is 10.7. The van der Waals surface area contributed by atoms with Gasteiger partial charge in [0.05, 0.1) is 7.11 Å². The van der Waals surface area contributed by atoms with Crippen LogP contribution in [0.3, 0.4) is 0 Å². The van der Waals surface area contributed by atoms with Gasteiger partial charge in [-0.1, -0.05) is 35.9 Å². The fourth-order valence-corrected chi connectivity index (χ4v) is 2.68. The average Bonchev–Trinajstić information content (AvgIpc) is 2.98. The zero-order chi connectivity index (χ0) is 16.4. The Hall–Kier alpha value is -2.46. The Kier molecular flexibility index (Phi) is 4.26. The number of nitrogens with zero attached hydrogens (tertiary/aromatic N) is 1. The molecular weight excluding hydrogens is 314 g/mol. The fraction of sp³-hybridized carbons (Fsp3) is 0.167. The summed E-state index contributed by atoms with van der Waals surface area (Å²) in [4.78, 5) is 14.2. The van der Waals surface area contributed by atoms with E-state index in [9.17, 15) is 4.79 Å². The molecule has 0 atom stereocenters. The fourth-order valence-electron chi connectivity index (χ4n) is 2.47. The minimum atomic E-state index is -0.191. The van der Waals surface area contributed by atoms with Gasteiger partial charge in [-0.25, -0.2) is 0 Å². The lowest BCUT2D eigenvalue weighted by Crippen LogP contribution is -2.25. The van der Waals surface area contributed by atoms with E-state index in [-0.39, 0.29) is 11.7 Å². The molecule has 3 aromatic rings. The van der Waals surface area contributed by atoms with Crippen molar-refractivity contribution in [3.8, 4) is 5.75 Å². The molecule has 0 unspecified atom stereocenters. The highest BCUT2D eigenvalue weighted by molar-refractivity contribution is 6.30. The maximum atomic E-state index is 12.6. The van der Waals surface area contributed by atoms with Gasteiger partial charge in [-0.05, 0) is 29.8 Å². The van der Waals surface area contributed by atoms with Crippen LogP contribution in [0, 0.1) is 0 Å². The maximum Gasteiger partial charge on any atom is 0.289 e. The summed E-state index contributed by atoms with van der Waals surface area (Å²) in [6.07, 6.45) is 0. The molecule has 0 spiro atoms. The first-order valence-electron chi connectivity index (χ1n) is 7.15. The van der Waals surface area contributed by atoms with Crippen LogP contribution in [0.25, 0.3) is 11.0 Å². The summed E-state index contributed by atoms with van der Waals surface area (Å²) in [5, 5.41) is 1.49. The SMILES string of the molecule is COc1cccc2cc(C(=O)N(C)Cc3cccc(Cl)c3)oc12. The van der Waals surface area contributed by atoms with Crippen molar-refractivity contribution in [3.05, 3.63) is 64.9 Å². The van der Waals surface area contributed by atoms with E-state index in [4.69, 9.17) is 20.8 Å². The van der Waals surface area contributed by atoms with Crippen molar-refractivity contribution in [3.63, 3.8) is 0 Å². The lowest BCUT2D eigenvalue weighted by atomic mass is 10.2. The van der Waals surface area contributed by atoms with Gasteiger partial charge in [0.1, 0.15) is 0 Å². The van der Waals surface area contributed by atoms with Crippen LogP contribution < -0.4 is 4.74 Å². The third-order valence-corrected chi connectivity index (χ3v) is 3.83. The number of benzene rings is 2. The third kappa shape index (κ3) is 3.17. The van der Waals surface area contributed by atoms with Crippen molar-refractivity contribution in [1.29, 1.82) is 0 Å². The quantitative estimate of drug-likeness (QED) is 0.714. The summed E-state index contributed by atoms with van der Waals surface area (Å²) in [7, 11) is 3.30. The van der Waals surface area contributed by atoms with Crippen molar-refractivity contribution < 1.29 is 13.9 Å². The van der Waals surface area contributed by atoms with Crippen molar-refractivity contribution in [2.75, 3.05) is 14.2 Å². The molecule has 0 aliphatic carbocycles. The van der Waals surface area contributed by atoms with E-state index in [2.05, 4.69) is 0 Å². The summed E-state index contributed by atoms with van der Waals surface area (Å²) in [5.74, 6) is 0.705. The van der Waals surface area contributed by atoms with Gasteiger partial charge in [0.2, 0.25) is 0 Å².